The van der Waals surface area contributed by atoms with Gasteiger partial charge < -0.3 is 15.0 Å². The van der Waals surface area contributed by atoms with Crippen molar-refractivity contribution < 1.29 is 22.3 Å². The predicted octanol–water partition coefficient (Wildman–Crippen LogP) is 0.864. The number of amides is 1. The lowest BCUT2D eigenvalue weighted by molar-refractivity contribution is -0.159. The van der Waals surface area contributed by atoms with Crippen LogP contribution < -0.4 is 10.0 Å². The molecule has 0 aliphatic carbocycles. The molecule has 0 radical (unpaired) electrons. The zero-order valence-electron chi connectivity index (χ0n) is 15.4. The van der Waals surface area contributed by atoms with Gasteiger partial charge in [-0.25, -0.2) is 17.5 Å². The summed E-state index contributed by atoms with van der Waals surface area (Å²) < 4.78 is 46.7. The molecule has 0 bridgehead atoms. The topological polar surface area (TPSA) is 87.7 Å². The Kier molecular flexibility index (Phi) is 6.15. The van der Waals surface area contributed by atoms with Gasteiger partial charge in [0.15, 0.2) is 0 Å². The summed E-state index contributed by atoms with van der Waals surface area (Å²) in [5, 5.41) is 3.22. The Morgan fingerprint density at radius 1 is 1.37 bits per heavy atom. The summed E-state index contributed by atoms with van der Waals surface area (Å²) in [5.74, 6) is -0.688. The van der Waals surface area contributed by atoms with E-state index in [9.17, 15) is 17.6 Å². The first kappa shape index (κ1) is 20.2. The number of hydrogen-bond acceptors (Lipinski definition) is 5. The van der Waals surface area contributed by atoms with Crippen molar-refractivity contribution in [1.29, 1.82) is 0 Å². The summed E-state index contributed by atoms with van der Waals surface area (Å²) in [6.45, 7) is 2.29. The van der Waals surface area contributed by atoms with Crippen molar-refractivity contribution in [2.45, 2.75) is 42.2 Å². The molecule has 2 fully saturated rings. The molecule has 1 amide bonds. The van der Waals surface area contributed by atoms with E-state index in [0.717, 1.165) is 6.07 Å². The largest absolute Gasteiger partial charge is 0.368 e. The van der Waals surface area contributed by atoms with E-state index in [0.29, 0.717) is 45.3 Å². The molecule has 0 aromatic heterocycles. The van der Waals surface area contributed by atoms with Crippen LogP contribution >= 0.6 is 0 Å². The fourth-order valence-corrected chi connectivity index (χ4v) is 5.10. The third kappa shape index (κ3) is 4.48. The molecule has 9 heteroatoms. The van der Waals surface area contributed by atoms with Gasteiger partial charge in [0.1, 0.15) is 11.4 Å². The highest BCUT2D eigenvalue weighted by Gasteiger charge is 2.43. The fourth-order valence-electron chi connectivity index (χ4n) is 3.80. The third-order valence-electron chi connectivity index (χ3n) is 5.33. The first-order valence-electron chi connectivity index (χ1n) is 9.19. The van der Waals surface area contributed by atoms with Gasteiger partial charge in [-0.05, 0) is 57.0 Å². The number of nitrogens with one attached hydrogen (secondary N) is 2. The van der Waals surface area contributed by atoms with Crippen LogP contribution in [0.1, 0.15) is 25.7 Å². The molecule has 2 N–H and O–H groups in total. The van der Waals surface area contributed by atoms with Crippen LogP contribution in [0.4, 0.5) is 4.39 Å². The summed E-state index contributed by atoms with van der Waals surface area (Å²) in [4.78, 5) is 14.7. The Morgan fingerprint density at radius 2 is 2.11 bits per heavy atom. The molecule has 150 valence electrons. The van der Waals surface area contributed by atoms with Crippen molar-refractivity contribution in [1.82, 2.24) is 14.9 Å². The van der Waals surface area contributed by atoms with Crippen LogP contribution in [0.15, 0.2) is 29.2 Å². The predicted molar refractivity (Wildman–Crippen MR) is 98.2 cm³/mol. The number of hydrogen-bond donors (Lipinski definition) is 2. The monoisotopic (exact) mass is 399 g/mol. The van der Waals surface area contributed by atoms with Gasteiger partial charge in [0.25, 0.3) is 5.91 Å². The van der Waals surface area contributed by atoms with Gasteiger partial charge in [-0.3, -0.25) is 4.79 Å². The molecule has 3 rings (SSSR count). The molecule has 1 aromatic rings. The molecule has 2 aliphatic heterocycles. The van der Waals surface area contributed by atoms with Crippen LogP contribution in [0.5, 0.6) is 0 Å². The molecule has 1 aromatic carbocycles. The molecular weight excluding hydrogens is 373 g/mol. The normalized spacial score (nSPS) is 23.2. The van der Waals surface area contributed by atoms with Gasteiger partial charge in [-0.1, -0.05) is 6.07 Å². The number of carbonyl (C=O) groups is 1. The van der Waals surface area contributed by atoms with Crippen molar-refractivity contribution >= 4 is 15.9 Å². The Labute approximate surface area is 159 Å². The lowest BCUT2D eigenvalue weighted by Gasteiger charge is -2.41. The summed E-state index contributed by atoms with van der Waals surface area (Å²) >= 11 is 0. The van der Waals surface area contributed by atoms with Gasteiger partial charge in [-0.2, -0.15) is 0 Å². The van der Waals surface area contributed by atoms with E-state index in [1.165, 1.54) is 18.2 Å². The standard InChI is InChI=1S/C18H26FN3O4S/c1-26-18(7-9-20-10-8-18)17(23)22-11-3-5-15(13-22)21-27(24,25)16-6-2-4-14(19)12-16/h2,4,6,12,15,20-21H,3,5,7-11,13H2,1H3. The van der Waals surface area contributed by atoms with E-state index in [2.05, 4.69) is 10.0 Å². The Hall–Kier alpha value is -1.55. The number of methoxy groups -OCH3 is 1. The second-order valence-electron chi connectivity index (χ2n) is 7.12. The maximum atomic E-state index is 13.4. The minimum Gasteiger partial charge on any atom is -0.368 e. The fraction of sp³-hybridized carbons (Fsp3) is 0.611. The summed E-state index contributed by atoms with van der Waals surface area (Å²) in [7, 11) is -2.29. The number of nitrogens with zero attached hydrogens (tertiary/aromatic N) is 1. The van der Waals surface area contributed by atoms with Crippen molar-refractivity contribution in [3.8, 4) is 0 Å². The Bertz CT molecular complexity index is 781. The number of likely N-dealkylation sites (tertiary alicyclic amines) is 1. The van der Waals surface area contributed by atoms with E-state index >= 15 is 0 Å². The molecule has 1 unspecified atom stereocenters. The van der Waals surface area contributed by atoms with Crippen LogP contribution in [0, 0.1) is 5.82 Å². The number of benzene rings is 1. The van der Waals surface area contributed by atoms with E-state index in [1.807, 2.05) is 0 Å². The zero-order valence-corrected chi connectivity index (χ0v) is 16.2. The maximum absolute atomic E-state index is 13.4. The number of halogens is 1. The molecule has 2 aliphatic rings. The zero-order chi connectivity index (χ0) is 19.5. The average Bonchev–Trinajstić information content (AvgIpc) is 2.68. The van der Waals surface area contributed by atoms with E-state index in [-0.39, 0.29) is 17.3 Å². The molecule has 0 spiro atoms. The highest BCUT2D eigenvalue weighted by atomic mass is 32.2. The smallest absolute Gasteiger partial charge is 0.254 e. The lowest BCUT2D eigenvalue weighted by atomic mass is 9.89. The van der Waals surface area contributed by atoms with Crippen LogP contribution in [-0.2, 0) is 19.6 Å². The highest BCUT2D eigenvalue weighted by molar-refractivity contribution is 7.89. The number of rotatable bonds is 5. The molecule has 27 heavy (non-hydrogen) atoms. The van der Waals surface area contributed by atoms with Gasteiger partial charge in [0.05, 0.1) is 4.90 Å². The van der Waals surface area contributed by atoms with Crippen LogP contribution in [0.3, 0.4) is 0 Å². The molecule has 1 atom stereocenters. The van der Waals surface area contributed by atoms with Crippen LogP contribution in [0.2, 0.25) is 0 Å². The maximum Gasteiger partial charge on any atom is 0.254 e. The third-order valence-corrected chi connectivity index (χ3v) is 6.85. The average molecular weight is 399 g/mol. The molecule has 2 saturated heterocycles. The first-order chi connectivity index (χ1) is 12.9. The number of carbonyl (C=O) groups excluding carboxylic acids is 1. The second-order valence-corrected chi connectivity index (χ2v) is 8.83. The van der Waals surface area contributed by atoms with E-state index in [4.69, 9.17) is 4.74 Å². The number of ether oxygens (including phenoxy) is 1. The van der Waals surface area contributed by atoms with Crippen LogP contribution in [0.25, 0.3) is 0 Å². The number of sulfonamides is 1. The quantitative estimate of drug-likeness (QED) is 0.767. The van der Waals surface area contributed by atoms with Crippen molar-refractivity contribution in [3.05, 3.63) is 30.1 Å². The highest BCUT2D eigenvalue weighted by Crippen LogP contribution is 2.27. The van der Waals surface area contributed by atoms with Gasteiger partial charge in [-0.15, -0.1) is 0 Å². The van der Waals surface area contributed by atoms with Gasteiger partial charge in [0, 0.05) is 26.2 Å². The van der Waals surface area contributed by atoms with Crippen molar-refractivity contribution in [3.63, 3.8) is 0 Å². The molecule has 2 heterocycles. The lowest BCUT2D eigenvalue weighted by Crippen LogP contribution is -2.59. The number of piperidine rings is 2. The molecule has 0 saturated carbocycles. The second kappa shape index (κ2) is 8.22. The minimum atomic E-state index is -3.85. The van der Waals surface area contributed by atoms with E-state index in [1.54, 1.807) is 12.0 Å². The summed E-state index contributed by atoms with van der Waals surface area (Å²) in [6.07, 6.45) is 2.51. The SMILES string of the molecule is COC1(C(=O)N2CCCC(NS(=O)(=O)c3cccc(F)c3)C2)CCNCC1. The van der Waals surface area contributed by atoms with Crippen molar-refractivity contribution in [2.24, 2.45) is 0 Å². The molecule has 7 nitrogen and oxygen atoms in total. The van der Waals surface area contributed by atoms with Gasteiger partial charge in [0.2, 0.25) is 10.0 Å². The Balaban J connectivity index is 1.69. The summed E-state index contributed by atoms with van der Waals surface area (Å²) in [6, 6.07) is 4.49. The Morgan fingerprint density at radius 3 is 2.78 bits per heavy atom. The van der Waals surface area contributed by atoms with E-state index < -0.39 is 27.5 Å². The molecular formula is C18H26FN3O4S. The first-order valence-corrected chi connectivity index (χ1v) is 10.7. The van der Waals surface area contributed by atoms with Gasteiger partial charge >= 0.3 is 0 Å². The minimum absolute atomic E-state index is 0.0823. The van der Waals surface area contributed by atoms with Crippen molar-refractivity contribution in [2.75, 3.05) is 33.3 Å². The van der Waals surface area contributed by atoms with Crippen LogP contribution in [-0.4, -0.2) is 64.2 Å². The summed E-state index contributed by atoms with van der Waals surface area (Å²) in [5.41, 5.74) is -0.839.